The van der Waals surface area contributed by atoms with Gasteiger partial charge in [0.15, 0.2) is 0 Å². The Morgan fingerprint density at radius 3 is 2.24 bits per heavy atom. The molecule has 172 valence electrons. The number of halogens is 2. The summed E-state index contributed by atoms with van der Waals surface area (Å²) in [5.74, 6) is -1.32. The van der Waals surface area contributed by atoms with E-state index in [-0.39, 0.29) is 11.8 Å². The standard InChI is InChI=1S/C26H21BrClN3O3/c27-17-8-6-16(7-9-17)24(32)22-15-14-21-23(31(22)29-19-12-10-18(28)11-13-19)26(34)30(25(21)33)20-4-2-1-3-5-20/h1-15,21-24,29,32H/t21?,22?,23-,24?/m0/s1. The van der Waals surface area contributed by atoms with Crippen molar-refractivity contribution in [2.45, 2.75) is 18.2 Å². The lowest BCUT2D eigenvalue weighted by Gasteiger charge is -2.40. The third-order valence-electron chi connectivity index (χ3n) is 6.11. The minimum absolute atomic E-state index is 0.295. The van der Waals surface area contributed by atoms with Crippen molar-refractivity contribution in [3.63, 3.8) is 0 Å². The SMILES string of the molecule is O=C1C2C=CC(C(O)c3ccc(Br)cc3)N(Nc3ccc(Cl)cc3)[C@@H]2C(=O)N1c1ccccc1. The highest BCUT2D eigenvalue weighted by atomic mass is 79.9. The van der Waals surface area contributed by atoms with Crippen LogP contribution in [0.5, 0.6) is 0 Å². The molecule has 1 saturated heterocycles. The molecular formula is C26H21BrClN3O3. The van der Waals surface area contributed by atoms with E-state index in [1.165, 1.54) is 4.90 Å². The second-order valence-electron chi connectivity index (χ2n) is 8.22. The second kappa shape index (κ2) is 9.35. The van der Waals surface area contributed by atoms with E-state index in [1.54, 1.807) is 65.7 Å². The molecule has 34 heavy (non-hydrogen) atoms. The molecular weight excluding hydrogens is 518 g/mol. The molecule has 1 fully saturated rings. The summed E-state index contributed by atoms with van der Waals surface area (Å²) in [5.41, 5.74) is 5.17. The zero-order valence-electron chi connectivity index (χ0n) is 17.9. The van der Waals surface area contributed by atoms with Crippen molar-refractivity contribution < 1.29 is 14.7 Å². The Morgan fingerprint density at radius 2 is 1.56 bits per heavy atom. The van der Waals surface area contributed by atoms with Gasteiger partial charge in [-0.25, -0.2) is 9.91 Å². The van der Waals surface area contributed by atoms with Crippen molar-refractivity contribution >= 4 is 50.7 Å². The molecule has 2 N–H and O–H groups in total. The van der Waals surface area contributed by atoms with Crippen molar-refractivity contribution in [1.29, 1.82) is 0 Å². The Hall–Kier alpha value is -2.97. The number of carbonyl (C=O) groups excluding carboxylic acids is 2. The van der Waals surface area contributed by atoms with Gasteiger partial charge < -0.3 is 10.5 Å². The average molecular weight is 539 g/mol. The molecule has 3 unspecified atom stereocenters. The molecule has 6 nitrogen and oxygen atoms in total. The van der Waals surface area contributed by atoms with E-state index in [1.807, 2.05) is 30.3 Å². The number of anilines is 2. The normalized spacial score (nSPS) is 23.1. The van der Waals surface area contributed by atoms with Crippen LogP contribution in [-0.4, -0.2) is 34.0 Å². The number of aliphatic hydroxyl groups excluding tert-OH is 1. The lowest BCUT2D eigenvalue weighted by Crippen LogP contribution is -2.55. The van der Waals surface area contributed by atoms with Gasteiger partial charge in [-0.05, 0) is 54.1 Å². The third-order valence-corrected chi connectivity index (χ3v) is 6.89. The van der Waals surface area contributed by atoms with Crippen LogP contribution in [0, 0.1) is 5.92 Å². The molecule has 3 aromatic rings. The number of hydrogen-bond acceptors (Lipinski definition) is 5. The number of nitrogens with one attached hydrogen (secondary N) is 1. The zero-order valence-corrected chi connectivity index (χ0v) is 20.2. The van der Waals surface area contributed by atoms with Crippen LogP contribution < -0.4 is 10.3 Å². The summed E-state index contributed by atoms with van der Waals surface area (Å²) in [5, 5.41) is 13.6. The topological polar surface area (TPSA) is 72.9 Å². The number of amides is 2. The maximum absolute atomic E-state index is 13.6. The Labute approximate surface area is 210 Å². The van der Waals surface area contributed by atoms with E-state index in [0.717, 1.165) is 4.47 Å². The maximum atomic E-state index is 13.6. The number of hydrazine groups is 1. The fourth-order valence-electron chi connectivity index (χ4n) is 4.43. The second-order valence-corrected chi connectivity index (χ2v) is 9.57. The first-order chi connectivity index (χ1) is 16.4. The summed E-state index contributed by atoms with van der Waals surface area (Å²) < 4.78 is 0.897. The molecule has 0 aliphatic carbocycles. The Kier molecular flexibility index (Phi) is 6.27. The van der Waals surface area contributed by atoms with Crippen LogP contribution in [0.2, 0.25) is 5.02 Å². The number of benzene rings is 3. The van der Waals surface area contributed by atoms with Crippen LogP contribution in [0.1, 0.15) is 11.7 Å². The highest BCUT2D eigenvalue weighted by molar-refractivity contribution is 9.10. The van der Waals surface area contributed by atoms with Crippen LogP contribution in [0.25, 0.3) is 0 Å². The Bertz CT molecular complexity index is 1230. The summed E-state index contributed by atoms with van der Waals surface area (Å²) in [6.07, 6.45) is 2.58. The molecule has 2 heterocycles. The maximum Gasteiger partial charge on any atom is 0.254 e. The average Bonchev–Trinajstić information content (AvgIpc) is 3.11. The lowest BCUT2D eigenvalue weighted by molar-refractivity contribution is -0.123. The van der Waals surface area contributed by atoms with Gasteiger partial charge in [0.25, 0.3) is 5.91 Å². The first-order valence-corrected chi connectivity index (χ1v) is 12.0. The van der Waals surface area contributed by atoms with Gasteiger partial charge in [0.05, 0.1) is 23.8 Å². The van der Waals surface area contributed by atoms with E-state index in [4.69, 9.17) is 11.6 Å². The lowest BCUT2D eigenvalue weighted by atomic mass is 9.90. The van der Waals surface area contributed by atoms with E-state index in [0.29, 0.717) is 22.0 Å². The van der Waals surface area contributed by atoms with E-state index in [9.17, 15) is 14.7 Å². The number of imide groups is 1. The van der Waals surface area contributed by atoms with E-state index in [2.05, 4.69) is 21.4 Å². The van der Waals surface area contributed by atoms with Gasteiger partial charge in [-0.3, -0.25) is 9.59 Å². The minimum atomic E-state index is -0.946. The summed E-state index contributed by atoms with van der Waals surface area (Å²) in [7, 11) is 0. The smallest absolute Gasteiger partial charge is 0.254 e. The van der Waals surface area contributed by atoms with E-state index >= 15 is 0 Å². The summed E-state index contributed by atoms with van der Waals surface area (Å²) >= 11 is 9.46. The van der Waals surface area contributed by atoms with Crippen molar-refractivity contribution in [2.75, 3.05) is 10.3 Å². The van der Waals surface area contributed by atoms with Gasteiger partial charge >= 0.3 is 0 Å². The molecule has 8 heteroatoms. The summed E-state index contributed by atoms with van der Waals surface area (Å²) in [6, 6.07) is 21.9. The number of rotatable bonds is 5. The molecule has 4 atom stereocenters. The number of fused-ring (bicyclic) bond motifs is 1. The number of para-hydroxylation sites is 1. The minimum Gasteiger partial charge on any atom is -0.386 e. The Morgan fingerprint density at radius 1 is 0.882 bits per heavy atom. The molecule has 2 aliphatic rings. The van der Waals surface area contributed by atoms with Crippen LogP contribution in [0.15, 0.2) is 95.5 Å². The largest absolute Gasteiger partial charge is 0.386 e. The van der Waals surface area contributed by atoms with Crippen molar-refractivity contribution in [2.24, 2.45) is 5.92 Å². The third kappa shape index (κ3) is 4.16. The van der Waals surface area contributed by atoms with Gasteiger partial charge in [-0.15, -0.1) is 0 Å². The number of aliphatic hydroxyl groups is 1. The molecule has 2 aliphatic heterocycles. The number of nitrogens with zero attached hydrogens (tertiary/aromatic N) is 2. The van der Waals surface area contributed by atoms with Gasteiger partial charge in [-0.1, -0.05) is 70.0 Å². The van der Waals surface area contributed by atoms with Crippen molar-refractivity contribution in [3.8, 4) is 0 Å². The molecule has 3 aromatic carbocycles. The molecule has 5 rings (SSSR count). The quantitative estimate of drug-likeness (QED) is 0.355. The summed E-state index contributed by atoms with van der Waals surface area (Å²) in [6.45, 7) is 0. The van der Waals surface area contributed by atoms with Crippen molar-refractivity contribution in [1.82, 2.24) is 5.01 Å². The van der Waals surface area contributed by atoms with Crippen LogP contribution in [-0.2, 0) is 9.59 Å². The molecule has 0 bridgehead atoms. The first-order valence-electron chi connectivity index (χ1n) is 10.8. The molecule has 0 radical (unpaired) electrons. The zero-order chi connectivity index (χ0) is 23.8. The van der Waals surface area contributed by atoms with Crippen molar-refractivity contribution in [3.05, 3.63) is 106 Å². The van der Waals surface area contributed by atoms with Crippen LogP contribution in [0.4, 0.5) is 11.4 Å². The van der Waals surface area contributed by atoms with E-state index < -0.39 is 24.1 Å². The Balaban J connectivity index is 1.54. The number of hydrogen-bond donors (Lipinski definition) is 2. The predicted octanol–water partition coefficient (Wildman–Crippen LogP) is 4.96. The fraction of sp³-hybridized carbons (Fsp3) is 0.154. The molecule has 2 amide bonds. The molecule has 0 spiro atoms. The van der Waals surface area contributed by atoms with Crippen LogP contribution >= 0.6 is 27.5 Å². The van der Waals surface area contributed by atoms with Crippen LogP contribution in [0.3, 0.4) is 0 Å². The highest BCUT2D eigenvalue weighted by Crippen LogP contribution is 2.38. The molecule has 0 saturated carbocycles. The first kappa shape index (κ1) is 22.8. The monoisotopic (exact) mass is 537 g/mol. The summed E-state index contributed by atoms with van der Waals surface area (Å²) in [4.78, 5) is 28.2. The van der Waals surface area contributed by atoms with Gasteiger partial charge in [-0.2, -0.15) is 0 Å². The fourth-order valence-corrected chi connectivity index (χ4v) is 4.82. The molecule has 0 aromatic heterocycles. The van der Waals surface area contributed by atoms with Gasteiger partial charge in [0.1, 0.15) is 6.04 Å². The predicted molar refractivity (Wildman–Crippen MR) is 135 cm³/mol. The number of carbonyl (C=O) groups is 2. The highest BCUT2D eigenvalue weighted by Gasteiger charge is 2.54. The van der Waals surface area contributed by atoms with Gasteiger partial charge in [0, 0.05) is 15.2 Å². The van der Waals surface area contributed by atoms with Gasteiger partial charge in [0.2, 0.25) is 5.91 Å².